The second-order valence-electron chi connectivity index (χ2n) is 7.02. The van der Waals surface area contributed by atoms with Crippen LogP contribution in [0.3, 0.4) is 0 Å². The molecule has 2 N–H and O–H groups in total. The fraction of sp³-hybridized carbons (Fsp3) is 0.217. The van der Waals surface area contributed by atoms with Gasteiger partial charge in [-0.25, -0.2) is 0 Å². The maximum atomic E-state index is 12.3. The van der Waals surface area contributed by atoms with Crippen molar-refractivity contribution >= 4 is 41.3 Å². The van der Waals surface area contributed by atoms with Crippen molar-refractivity contribution in [2.24, 2.45) is 7.05 Å². The molecule has 7 nitrogen and oxygen atoms in total. The average molecular weight is 470 g/mol. The lowest BCUT2D eigenvalue weighted by atomic mass is 10.1. The largest absolute Gasteiger partial charge is 0.349 e. The quantitative estimate of drug-likeness (QED) is 0.368. The van der Waals surface area contributed by atoms with Crippen LogP contribution >= 0.6 is 23.4 Å². The van der Waals surface area contributed by atoms with Crippen LogP contribution < -0.4 is 10.6 Å². The third-order valence-electron chi connectivity index (χ3n) is 4.67. The van der Waals surface area contributed by atoms with Gasteiger partial charge in [0, 0.05) is 18.1 Å². The van der Waals surface area contributed by atoms with E-state index >= 15 is 0 Å². The average Bonchev–Trinajstić information content (AvgIpc) is 3.15. The van der Waals surface area contributed by atoms with Crippen molar-refractivity contribution in [3.8, 4) is 0 Å². The molecule has 0 fully saturated rings. The normalized spacial score (nSPS) is 12.0. The van der Waals surface area contributed by atoms with Crippen molar-refractivity contribution in [1.82, 2.24) is 25.4 Å². The highest BCUT2D eigenvalue weighted by molar-refractivity contribution is 7.99. The van der Waals surface area contributed by atoms with Gasteiger partial charge in [-0.15, -0.1) is 10.2 Å². The maximum absolute atomic E-state index is 12.3. The zero-order valence-corrected chi connectivity index (χ0v) is 19.4. The molecular weight excluding hydrogens is 446 g/mol. The molecule has 2 aromatic carbocycles. The Labute approximate surface area is 196 Å². The second kappa shape index (κ2) is 11.5. The first kappa shape index (κ1) is 23.6. The van der Waals surface area contributed by atoms with Gasteiger partial charge < -0.3 is 15.2 Å². The highest BCUT2D eigenvalue weighted by atomic mass is 35.5. The number of hydrogen-bond acceptors (Lipinski definition) is 5. The Morgan fingerprint density at radius 1 is 1.12 bits per heavy atom. The van der Waals surface area contributed by atoms with Crippen molar-refractivity contribution in [3.63, 3.8) is 0 Å². The number of thioether (sulfide) groups is 1. The Morgan fingerprint density at radius 3 is 2.59 bits per heavy atom. The van der Waals surface area contributed by atoms with Gasteiger partial charge in [0.25, 0.3) is 0 Å². The predicted molar refractivity (Wildman–Crippen MR) is 127 cm³/mol. The molecule has 0 saturated carbocycles. The summed E-state index contributed by atoms with van der Waals surface area (Å²) in [5, 5.41) is 15.1. The molecule has 32 heavy (non-hydrogen) atoms. The SMILES string of the molecule is C[C@H](NC(=O)CSc1nnc(CNC(=O)/C=C/c2ccccc2Cl)n1C)c1ccccc1. The first-order chi connectivity index (χ1) is 15.4. The Bertz CT molecular complexity index is 1100. The minimum Gasteiger partial charge on any atom is -0.349 e. The molecule has 0 radical (unpaired) electrons. The van der Waals surface area contributed by atoms with E-state index < -0.39 is 0 Å². The van der Waals surface area contributed by atoms with Gasteiger partial charge in [-0.2, -0.15) is 0 Å². The van der Waals surface area contributed by atoms with Crippen molar-refractivity contribution < 1.29 is 9.59 Å². The predicted octanol–water partition coefficient (Wildman–Crippen LogP) is 3.77. The van der Waals surface area contributed by atoms with Crippen LogP contribution in [0.1, 0.15) is 29.9 Å². The number of benzene rings is 2. The zero-order chi connectivity index (χ0) is 22.9. The van der Waals surface area contributed by atoms with Crippen LogP contribution in [0.2, 0.25) is 5.02 Å². The zero-order valence-electron chi connectivity index (χ0n) is 17.8. The molecule has 0 bridgehead atoms. The Balaban J connectivity index is 1.47. The number of halogens is 1. The van der Waals surface area contributed by atoms with Gasteiger partial charge in [0.2, 0.25) is 11.8 Å². The lowest BCUT2D eigenvalue weighted by Gasteiger charge is -2.14. The van der Waals surface area contributed by atoms with Crippen molar-refractivity contribution in [3.05, 3.63) is 82.6 Å². The molecule has 2 amide bonds. The highest BCUT2D eigenvalue weighted by Crippen LogP contribution is 2.17. The Morgan fingerprint density at radius 2 is 1.84 bits per heavy atom. The van der Waals surface area contributed by atoms with E-state index in [2.05, 4.69) is 20.8 Å². The molecule has 3 aromatic rings. The molecule has 0 aliphatic rings. The number of carbonyl (C=O) groups is 2. The van der Waals surface area contributed by atoms with Crippen LogP contribution in [-0.4, -0.2) is 32.3 Å². The van der Waals surface area contributed by atoms with E-state index in [9.17, 15) is 9.59 Å². The third kappa shape index (κ3) is 6.70. The van der Waals surface area contributed by atoms with Crippen LogP contribution in [0.25, 0.3) is 6.08 Å². The number of nitrogens with zero attached hydrogens (tertiary/aromatic N) is 3. The fourth-order valence-corrected chi connectivity index (χ4v) is 3.80. The van der Waals surface area contributed by atoms with Crippen LogP contribution in [0.4, 0.5) is 0 Å². The third-order valence-corrected chi connectivity index (χ3v) is 6.04. The van der Waals surface area contributed by atoms with Gasteiger partial charge in [-0.05, 0) is 30.2 Å². The topological polar surface area (TPSA) is 88.9 Å². The lowest BCUT2D eigenvalue weighted by molar-refractivity contribution is -0.119. The minimum absolute atomic E-state index is 0.0756. The number of amides is 2. The summed E-state index contributed by atoms with van der Waals surface area (Å²) in [5.41, 5.74) is 1.81. The molecule has 0 spiro atoms. The van der Waals surface area contributed by atoms with Crippen molar-refractivity contribution in [2.45, 2.75) is 24.7 Å². The first-order valence-corrected chi connectivity index (χ1v) is 11.4. The van der Waals surface area contributed by atoms with E-state index in [-0.39, 0.29) is 30.2 Å². The smallest absolute Gasteiger partial charge is 0.244 e. The number of carbonyl (C=O) groups excluding carboxylic acids is 2. The first-order valence-electron chi connectivity index (χ1n) is 10.00. The van der Waals surface area contributed by atoms with Gasteiger partial charge in [-0.3, -0.25) is 9.59 Å². The molecule has 9 heteroatoms. The number of rotatable bonds is 9. The summed E-state index contributed by atoms with van der Waals surface area (Å²) in [6.45, 7) is 2.16. The molecule has 0 unspecified atom stereocenters. The van der Waals surface area contributed by atoms with E-state index in [1.165, 1.54) is 17.8 Å². The molecule has 1 aromatic heterocycles. The van der Waals surface area contributed by atoms with Gasteiger partial charge in [0.15, 0.2) is 11.0 Å². The second-order valence-corrected chi connectivity index (χ2v) is 8.37. The molecule has 1 atom stereocenters. The molecule has 0 aliphatic heterocycles. The van der Waals surface area contributed by atoms with E-state index in [4.69, 9.17) is 11.6 Å². The molecule has 0 saturated heterocycles. The van der Waals surface area contributed by atoms with E-state index in [1.807, 2.05) is 55.5 Å². The van der Waals surface area contributed by atoms with Gasteiger partial charge in [0.05, 0.1) is 18.3 Å². The van der Waals surface area contributed by atoms with Gasteiger partial charge >= 0.3 is 0 Å². The van der Waals surface area contributed by atoms with Crippen molar-refractivity contribution in [1.29, 1.82) is 0 Å². The molecule has 3 rings (SSSR count). The Kier molecular flexibility index (Phi) is 8.47. The fourth-order valence-electron chi connectivity index (χ4n) is 2.86. The van der Waals surface area contributed by atoms with E-state index in [0.717, 1.165) is 11.1 Å². The number of hydrogen-bond donors (Lipinski definition) is 2. The molecule has 166 valence electrons. The van der Waals surface area contributed by atoms with Crippen LogP contribution in [0.5, 0.6) is 0 Å². The van der Waals surface area contributed by atoms with Crippen LogP contribution in [-0.2, 0) is 23.2 Å². The van der Waals surface area contributed by atoms with Crippen LogP contribution in [0, 0.1) is 0 Å². The monoisotopic (exact) mass is 469 g/mol. The molecule has 0 aliphatic carbocycles. The Hall–Kier alpha value is -3.10. The van der Waals surface area contributed by atoms with Gasteiger partial charge in [-0.1, -0.05) is 71.9 Å². The van der Waals surface area contributed by atoms with E-state index in [0.29, 0.717) is 16.0 Å². The highest BCUT2D eigenvalue weighted by Gasteiger charge is 2.14. The van der Waals surface area contributed by atoms with E-state index in [1.54, 1.807) is 23.8 Å². The number of nitrogens with one attached hydrogen (secondary N) is 2. The van der Waals surface area contributed by atoms with Crippen molar-refractivity contribution in [2.75, 3.05) is 5.75 Å². The van der Waals surface area contributed by atoms with Crippen LogP contribution in [0.15, 0.2) is 65.8 Å². The maximum Gasteiger partial charge on any atom is 0.244 e. The van der Waals surface area contributed by atoms with Gasteiger partial charge in [0.1, 0.15) is 0 Å². The summed E-state index contributed by atoms with van der Waals surface area (Å²) < 4.78 is 1.76. The number of aromatic nitrogens is 3. The lowest BCUT2D eigenvalue weighted by Crippen LogP contribution is -2.28. The summed E-state index contributed by atoms with van der Waals surface area (Å²) in [4.78, 5) is 24.4. The minimum atomic E-state index is -0.267. The summed E-state index contributed by atoms with van der Waals surface area (Å²) >= 11 is 7.37. The summed E-state index contributed by atoms with van der Waals surface area (Å²) in [7, 11) is 1.80. The standard InChI is InChI=1S/C23H24ClN5O2S/c1-16(17-8-4-3-5-9-17)26-22(31)15-32-23-28-27-20(29(23)2)14-25-21(30)13-12-18-10-6-7-11-19(18)24/h3-13,16H,14-15H2,1-2H3,(H,25,30)(H,26,31)/b13-12+/t16-/m0/s1. The molecular formula is C23H24ClN5O2S. The molecule has 1 heterocycles. The summed E-state index contributed by atoms with van der Waals surface area (Å²) in [6.07, 6.45) is 3.08. The summed E-state index contributed by atoms with van der Waals surface area (Å²) in [6, 6.07) is 17.0. The summed E-state index contributed by atoms with van der Waals surface area (Å²) in [5.74, 6) is 0.450.